The first-order valence-electron chi connectivity index (χ1n) is 8.53. The molecule has 3 aromatic rings. The Morgan fingerprint density at radius 3 is 2.56 bits per heavy atom. The molecule has 0 saturated heterocycles. The van der Waals surface area contributed by atoms with Gasteiger partial charge in [0.2, 0.25) is 0 Å². The maximum Gasteiger partial charge on any atom is 0.341 e. The highest BCUT2D eigenvalue weighted by molar-refractivity contribution is 6.12. The SMILES string of the molecule is COC(=O)c1cc([C@H]2Nc3ccccc3C(=O)N2c2ccccc2)oc1C. The molecule has 0 spiro atoms. The Morgan fingerprint density at radius 2 is 1.81 bits per heavy atom. The molecule has 0 unspecified atom stereocenters. The van der Waals surface area contributed by atoms with Gasteiger partial charge in [-0.05, 0) is 37.3 Å². The molecule has 0 bridgehead atoms. The maximum atomic E-state index is 13.2. The predicted molar refractivity (Wildman–Crippen MR) is 101 cm³/mol. The summed E-state index contributed by atoms with van der Waals surface area (Å²) in [7, 11) is 1.32. The number of hydrogen-bond donors (Lipinski definition) is 1. The number of methoxy groups -OCH3 is 1. The second-order valence-corrected chi connectivity index (χ2v) is 6.21. The normalized spacial score (nSPS) is 15.9. The second kappa shape index (κ2) is 6.64. The van der Waals surface area contributed by atoms with Gasteiger partial charge in [0.1, 0.15) is 17.1 Å². The Kier molecular flexibility index (Phi) is 4.16. The summed E-state index contributed by atoms with van der Waals surface area (Å²) in [5, 5.41) is 3.35. The average Bonchev–Trinajstić information content (AvgIpc) is 3.09. The van der Waals surface area contributed by atoms with Crippen LogP contribution in [0, 0.1) is 6.92 Å². The van der Waals surface area contributed by atoms with Gasteiger partial charge in [0.25, 0.3) is 5.91 Å². The van der Waals surface area contributed by atoms with E-state index in [-0.39, 0.29) is 5.91 Å². The van der Waals surface area contributed by atoms with Crippen molar-refractivity contribution < 1.29 is 18.7 Å². The molecule has 4 rings (SSSR count). The minimum atomic E-state index is -0.591. The van der Waals surface area contributed by atoms with E-state index in [0.717, 1.165) is 5.69 Å². The van der Waals surface area contributed by atoms with Gasteiger partial charge >= 0.3 is 5.97 Å². The summed E-state index contributed by atoms with van der Waals surface area (Å²) in [6, 6.07) is 18.3. The van der Waals surface area contributed by atoms with E-state index in [0.29, 0.717) is 28.3 Å². The zero-order valence-electron chi connectivity index (χ0n) is 14.9. The van der Waals surface area contributed by atoms with E-state index in [1.54, 1.807) is 24.0 Å². The van der Waals surface area contributed by atoms with Crippen molar-refractivity contribution in [2.75, 3.05) is 17.3 Å². The quantitative estimate of drug-likeness (QED) is 0.709. The van der Waals surface area contributed by atoms with Crippen LogP contribution in [-0.4, -0.2) is 19.0 Å². The first-order valence-corrected chi connectivity index (χ1v) is 8.53. The number of carbonyl (C=O) groups excluding carboxylic acids is 2. The molecule has 2 aromatic carbocycles. The molecule has 1 amide bonds. The Hall–Kier alpha value is -3.54. The van der Waals surface area contributed by atoms with Gasteiger partial charge < -0.3 is 14.5 Å². The predicted octanol–water partition coefficient (Wildman–Crippen LogP) is 4.15. The first-order chi connectivity index (χ1) is 13.1. The summed E-state index contributed by atoms with van der Waals surface area (Å²) >= 11 is 0. The summed E-state index contributed by atoms with van der Waals surface area (Å²) in [6.07, 6.45) is -0.591. The van der Waals surface area contributed by atoms with Crippen molar-refractivity contribution in [1.29, 1.82) is 0 Å². The summed E-state index contributed by atoms with van der Waals surface area (Å²) in [6.45, 7) is 1.70. The van der Waals surface area contributed by atoms with Crippen molar-refractivity contribution in [1.82, 2.24) is 0 Å². The van der Waals surface area contributed by atoms with E-state index < -0.39 is 12.1 Å². The van der Waals surface area contributed by atoms with E-state index in [1.165, 1.54) is 7.11 Å². The van der Waals surface area contributed by atoms with Crippen LogP contribution in [-0.2, 0) is 4.74 Å². The number of fused-ring (bicyclic) bond motifs is 1. The number of aryl methyl sites for hydroxylation is 1. The number of hydrogen-bond acceptors (Lipinski definition) is 5. The number of amides is 1. The molecule has 1 atom stereocenters. The van der Waals surface area contributed by atoms with Crippen LogP contribution in [0.4, 0.5) is 11.4 Å². The highest BCUT2D eigenvalue weighted by atomic mass is 16.5. The maximum absolute atomic E-state index is 13.2. The Bertz CT molecular complexity index is 1010. The van der Waals surface area contributed by atoms with Gasteiger partial charge in [0, 0.05) is 11.4 Å². The van der Waals surface area contributed by atoms with Crippen molar-refractivity contribution >= 4 is 23.3 Å². The van der Waals surface area contributed by atoms with E-state index >= 15 is 0 Å². The molecule has 1 aliphatic heterocycles. The fourth-order valence-electron chi connectivity index (χ4n) is 3.26. The summed E-state index contributed by atoms with van der Waals surface area (Å²) in [4.78, 5) is 26.8. The molecule has 6 heteroatoms. The zero-order chi connectivity index (χ0) is 19.0. The largest absolute Gasteiger partial charge is 0.465 e. The van der Waals surface area contributed by atoms with Gasteiger partial charge in [-0.15, -0.1) is 0 Å². The number of furan rings is 1. The van der Waals surface area contributed by atoms with Crippen LogP contribution < -0.4 is 10.2 Å². The van der Waals surface area contributed by atoms with Crippen LogP contribution in [0.15, 0.2) is 65.1 Å². The fraction of sp³-hybridized carbons (Fsp3) is 0.143. The molecule has 0 radical (unpaired) electrons. The highest BCUT2D eigenvalue weighted by Crippen LogP contribution is 2.37. The lowest BCUT2D eigenvalue weighted by Crippen LogP contribution is -2.43. The van der Waals surface area contributed by atoms with Gasteiger partial charge in [0.05, 0.1) is 12.7 Å². The molecule has 0 saturated carbocycles. The van der Waals surface area contributed by atoms with Gasteiger partial charge in [-0.1, -0.05) is 30.3 Å². The van der Waals surface area contributed by atoms with Crippen molar-refractivity contribution in [2.45, 2.75) is 13.1 Å². The van der Waals surface area contributed by atoms with Crippen molar-refractivity contribution in [2.24, 2.45) is 0 Å². The molecule has 1 aliphatic rings. The van der Waals surface area contributed by atoms with Crippen LogP contribution in [0.5, 0.6) is 0 Å². The van der Waals surface area contributed by atoms with Gasteiger partial charge in [-0.2, -0.15) is 0 Å². The molecule has 136 valence electrons. The Morgan fingerprint density at radius 1 is 1.11 bits per heavy atom. The third-order valence-electron chi connectivity index (χ3n) is 4.57. The molecule has 1 aromatic heterocycles. The summed E-state index contributed by atoms with van der Waals surface area (Å²) < 4.78 is 10.6. The third kappa shape index (κ3) is 2.85. The lowest BCUT2D eigenvalue weighted by Gasteiger charge is -2.36. The number of esters is 1. The van der Waals surface area contributed by atoms with E-state index in [2.05, 4.69) is 5.32 Å². The number of nitrogens with zero attached hydrogens (tertiary/aromatic N) is 1. The third-order valence-corrected chi connectivity index (χ3v) is 4.57. The fourth-order valence-corrected chi connectivity index (χ4v) is 3.26. The van der Waals surface area contributed by atoms with Crippen LogP contribution in [0.25, 0.3) is 0 Å². The van der Waals surface area contributed by atoms with E-state index in [4.69, 9.17) is 9.15 Å². The molecule has 0 fully saturated rings. The molecule has 27 heavy (non-hydrogen) atoms. The first kappa shape index (κ1) is 16.9. The second-order valence-electron chi connectivity index (χ2n) is 6.21. The lowest BCUT2D eigenvalue weighted by atomic mass is 10.1. The summed E-state index contributed by atoms with van der Waals surface area (Å²) in [5.74, 6) is 0.281. The van der Waals surface area contributed by atoms with E-state index in [9.17, 15) is 9.59 Å². The van der Waals surface area contributed by atoms with E-state index in [1.807, 2.05) is 48.5 Å². The van der Waals surface area contributed by atoms with Crippen molar-refractivity contribution in [3.63, 3.8) is 0 Å². The van der Waals surface area contributed by atoms with Crippen molar-refractivity contribution in [3.8, 4) is 0 Å². The Balaban J connectivity index is 1.84. The van der Waals surface area contributed by atoms with Crippen LogP contribution in [0.3, 0.4) is 0 Å². The molecular weight excluding hydrogens is 344 g/mol. The molecule has 2 heterocycles. The smallest absolute Gasteiger partial charge is 0.341 e. The van der Waals surface area contributed by atoms with Crippen LogP contribution in [0.1, 0.15) is 38.4 Å². The Labute approximate surface area is 156 Å². The number of carbonyl (C=O) groups is 2. The molecular formula is C21H18N2O4. The standard InChI is InChI=1S/C21H18N2O4/c1-13-16(21(25)26-2)12-18(27-13)19-22-17-11-7-6-10-15(17)20(24)23(19)14-8-4-3-5-9-14/h3-12,19,22H,1-2H3/t19-/m0/s1. The van der Waals surface area contributed by atoms with Gasteiger partial charge in [0.15, 0.2) is 6.17 Å². The molecule has 6 nitrogen and oxygen atoms in total. The summed E-state index contributed by atoms with van der Waals surface area (Å²) in [5.41, 5.74) is 2.36. The molecule has 1 N–H and O–H groups in total. The van der Waals surface area contributed by atoms with Gasteiger partial charge in [-0.25, -0.2) is 4.79 Å². The number of anilines is 2. The monoisotopic (exact) mass is 362 g/mol. The highest BCUT2D eigenvalue weighted by Gasteiger charge is 2.36. The van der Waals surface area contributed by atoms with Crippen molar-refractivity contribution in [3.05, 3.63) is 83.3 Å². The minimum Gasteiger partial charge on any atom is -0.465 e. The van der Waals surface area contributed by atoms with Crippen LogP contribution in [0.2, 0.25) is 0 Å². The topological polar surface area (TPSA) is 71.8 Å². The van der Waals surface area contributed by atoms with Crippen LogP contribution >= 0.6 is 0 Å². The number of ether oxygens (including phenoxy) is 1. The number of benzene rings is 2. The number of rotatable bonds is 3. The lowest BCUT2D eigenvalue weighted by molar-refractivity contribution is 0.0598. The van der Waals surface area contributed by atoms with Gasteiger partial charge in [-0.3, -0.25) is 9.69 Å². The zero-order valence-corrected chi connectivity index (χ0v) is 14.9. The molecule has 0 aliphatic carbocycles. The minimum absolute atomic E-state index is 0.144. The number of nitrogens with one attached hydrogen (secondary N) is 1. The average molecular weight is 362 g/mol. The number of para-hydroxylation sites is 2.